The summed E-state index contributed by atoms with van der Waals surface area (Å²) in [5, 5.41) is 12.2. The van der Waals surface area contributed by atoms with Crippen molar-refractivity contribution in [3.8, 4) is 11.9 Å². The highest BCUT2D eigenvalue weighted by atomic mass is 16.5. The molecule has 0 atom stereocenters. The molecule has 19 heavy (non-hydrogen) atoms. The fourth-order valence-corrected chi connectivity index (χ4v) is 1.70. The van der Waals surface area contributed by atoms with Crippen molar-refractivity contribution >= 4 is 5.82 Å². The Labute approximate surface area is 111 Å². The molecule has 2 heterocycles. The van der Waals surface area contributed by atoms with Crippen LogP contribution in [0.1, 0.15) is 16.8 Å². The van der Waals surface area contributed by atoms with Gasteiger partial charge in [-0.05, 0) is 25.1 Å². The van der Waals surface area contributed by atoms with Gasteiger partial charge in [-0.15, -0.1) is 0 Å². The minimum Gasteiger partial charge on any atom is -0.481 e. The summed E-state index contributed by atoms with van der Waals surface area (Å²) in [6, 6.07) is 9.44. The van der Waals surface area contributed by atoms with Gasteiger partial charge in [0.25, 0.3) is 0 Å². The predicted molar refractivity (Wildman–Crippen MR) is 71.8 cm³/mol. The Balaban J connectivity index is 2.19. The van der Waals surface area contributed by atoms with E-state index in [2.05, 4.69) is 21.4 Å². The first-order valence-corrected chi connectivity index (χ1v) is 5.84. The molecule has 5 nitrogen and oxygen atoms in total. The fourth-order valence-electron chi connectivity index (χ4n) is 1.70. The molecule has 1 N–H and O–H groups in total. The number of nitrogens with zero attached hydrogens (tertiary/aromatic N) is 3. The molecule has 2 rings (SSSR count). The number of hydrogen-bond donors (Lipinski definition) is 1. The van der Waals surface area contributed by atoms with E-state index in [1.807, 2.05) is 25.1 Å². The van der Waals surface area contributed by atoms with Gasteiger partial charge in [0.15, 0.2) is 0 Å². The zero-order chi connectivity index (χ0) is 13.7. The highest BCUT2D eigenvalue weighted by molar-refractivity contribution is 5.52. The van der Waals surface area contributed by atoms with Crippen LogP contribution >= 0.6 is 0 Å². The highest BCUT2D eigenvalue weighted by Crippen LogP contribution is 2.17. The van der Waals surface area contributed by atoms with E-state index in [9.17, 15) is 0 Å². The standard InChI is InChI=1S/C14H14N4O/c1-10-5-6-11(8-15)13(18-10)17-9-12-4-3-7-16-14(12)19-2/h3-7H,9H2,1-2H3,(H,17,18). The average Bonchev–Trinajstić information content (AvgIpc) is 2.45. The van der Waals surface area contributed by atoms with E-state index in [1.165, 1.54) is 0 Å². The SMILES string of the molecule is COc1ncccc1CNc1nc(C)ccc1C#N. The number of rotatable bonds is 4. The molecular formula is C14H14N4O. The maximum absolute atomic E-state index is 9.04. The second kappa shape index (κ2) is 5.83. The van der Waals surface area contributed by atoms with Crippen molar-refractivity contribution in [1.29, 1.82) is 5.26 Å². The molecule has 0 radical (unpaired) electrons. The zero-order valence-corrected chi connectivity index (χ0v) is 10.8. The molecule has 5 heteroatoms. The molecule has 0 aliphatic rings. The summed E-state index contributed by atoms with van der Waals surface area (Å²) in [4.78, 5) is 8.44. The van der Waals surface area contributed by atoms with E-state index in [0.717, 1.165) is 11.3 Å². The number of nitrogens with one attached hydrogen (secondary N) is 1. The van der Waals surface area contributed by atoms with E-state index in [0.29, 0.717) is 23.8 Å². The summed E-state index contributed by atoms with van der Waals surface area (Å²) in [7, 11) is 1.58. The van der Waals surface area contributed by atoms with Gasteiger partial charge in [0.2, 0.25) is 5.88 Å². The number of nitriles is 1. The van der Waals surface area contributed by atoms with Crippen LogP contribution in [0, 0.1) is 18.3 Å². The minimum absolute atomic E-state index is 0.502. The Hall–Kier alpha value is -2.61. The van der Waals surface area contributed by atoms with Gasteiger partial charge in [-0.2, -0.15) is 5.26 Å². The molecule has 0 spiro atoms. The van der Waals surface area contributed by atoms with Gasteiger partial charge < -0.3 is 10.1 Å². The van der Waals surface area contributed by atoms with Crippen molar-refractivity contribution in [1.82, 2.24) is 9.97 Å². The van der Waals surface area contributed by atoms with Gasteiger partial charge in [0.05, 0.1) is 12.7 Å². The first kappa shape index (κ1) is 12.8. The largest absolute Gasteiger partial charge is 0.481 e. The number of methoxy groups -OCH3 is 1. The lowest BCUT2D eigenvalue weighted by molar-refractivity contribution is 0.393. The number of aromatic nitrogens is 2. The van der Waals surface area contributed by atoms with Crippen LogP contribution in [0.5, 0.6) is 5.88 Å². The van der Waals surface area contributed by atoms with Gasteiger partial charge in [-0.25, -0.2) is 9.97 Å². The molecule has 96 valence electrons. The lowest BCUT2D eigenvalue weighted by Crippen LogP contribution is -2.06. The van der Waals surface area contributed by atoms with Crippen molar-refractivity contribution in [2.24, 2.45) is 0 Å². The van der Waals surface area contributed by atoms with E-state index >= 15 is 0 Å². The molecule has 0 aliphatic heterocycles. The van der Waals surface area contributed by atoms with Crippen molar-refractivity contribution in [2.45, 2.75) is 13.5 Å². The smallest absolute Gasteiger partial charge is 0.218 e. The van der Waals surface area contributed by atoms with Gasteiger partial charge in [-0.3, -0.25) is 0 Å². The van der Waals surface area contributed by atoms with Crippen LogP contribution < -0.4 is 10.1 Å². The van der Waals surface area contributed by atoms with Crippen molar-refractivity contribution < 1.29 is 4.74 Å². The first-order chi connectivity index (χ1) is 9.24. The van der Waals surface area contributed by atoms with E-state index in [-0.39, 0.29) is 0 Å². The second-order valence-corrected chi connectivity index (χ2v) is 3.99. The number of ether oxygens (including phenoxy) is 1. The third kappa shape index (κ3) is 2.99. The molecule has 0 saturated heterocycles. The quantitative estimate of drug-likeness (QED) is 0.906. The van der Waals surface area contributed by atoms with Gasteiger partial charge in [0.1, 0.15) is 11.9 Å². The summed E-state index contributed by atoms with van der Waals surface area (Å²) in [6.07, 6.45) is 1.67. The number of aryl methyl sites for hydroxylation is 1. The van der Waals surface area contributed by atoms with Gasteiger partial charge >= 0.3 is 0 Å². The normalized spacial score (nSPS) is 9.74. The maximum Gasteiger partial charge on any atom is 0.218 e. The fraction of sp³-hybridized carbons (Fsp3) is 0.214. The van der Waals surface area contributed by atoms with Crippen LogP contribution in [0.2, 0.25) is 0 Å². The van der Waals surface area contributed by atoms with Crippen molar-refractivity contribution in [3.05, 3.63) is 47.3 Å². The maximum atomic E-state index is 9.04. The molecule has 0 fully saturated rings. The van der Waals surface area contributed by atoms with Crippen molar-refractivity contribution in [3.63, 3.8) is 0 Å². The van der Waals surface area contributed by atoms with E-state index in [1.54, 1.807) is 19.4 Å². The van der Waals surface area contributed by atoms with Gasteiger partial charge in [-0.1, -0.05) is 6.07 Å². The third-order valence-electron chi connectivity index (χ3n) is 2.64. The Bertz CT molecular complexity index is 619. The van der Waals surface area contributed by atoms with Crippen LogP contribution in [0.15, 0.2) is 30.5 Å². The summed E-state index contributed by atoms with van der Waals surface area (Å²) in [6.45, 7) is 2.39. The predicted octanol–water partition coefficient (Wildman–Crippen LogP) is 2.28. The van der Waals surface area contributed by atoms with Gasteiger partial charge in [0, 0.05) is 24.0 Å². The monoisotopic (exact) mass is 254 g/mol. The van der Waals surface area contributed by atoms with E-state index in [4.69, 9.17) is 10.00 Å². The van der Waals surface area contributed by atoms with Crippen LogP contribution in [0.3, 0.4) is 0 Å². The second-order valence-electron chi connectivity index (χ2n) is 3.99. The average molecular weight is 254 g/mol. The summed E-state index contributed by atoms with van der Waals surface area (Å²) in [5.74, 6) is 1.15. The third-order valence-corrected chi connectivity index (χ3v) is 2.64. The Morgan fingerprint density at radius 2 is 2.21 bits per heavy atom. The first-order valence-electron chi connectivity index (χ1n) is 5.84. The molecular weight excluding hydrogens is 240 g/mol. The Morgan fingerprint density at radius 3 is 2.95 bits per heavy atom. The van der Waals surface area contributed by atoms with E-state index < -0.39 is 0 Å². The molecule has 2 aromatic heterocycles. The van der Waals surface area contributed by atoms with Crippen LogP contribution in [-0.2, 0) is 6.54 Å². The summed E-state index contributed by atoms with van der Waals surface area (Å²) in [5.41, 5.74) is 2.30. The summed E-state index contributed by atoms with van der Waals surface area (Å²) >= 11 is 0. The lowest BCUT2D eigenvalue weighted by Gasteiger charge is -2.10. The topological polar surface area (TPSA) is 70.8 Å². The molecule has 0 aliphatic carbocycles. The Kier molecular flexibility index (Phi) is 3.94. The molecule has 0 bridgehead atoms. The molecule has 0 unspecified atom stereocenters. The lowest BCUT2D eigenvalue weighted by atomic mass is 10.2. The molecule has 2 aromatic rings. The van der Waals surface area contributed by atoms with Crippen LogP contribution in [0.25, 0.3) is 0 Å². The number of hydrogen-bond acceptors (Lipinski definition) is 5. The zero-order valence-electron chi connectivity index (χ0n) is 10.8. The van der Waals surface area contributed by atoms with Crippen LogP contribution in [0.4, 0.5) is 5.82 Å². The highest BCUT2D eigenvalue weighted by Gasteiger charge is 2.06. The molecule has 0 saturated carbocycles. The number of pyridine rings is 2. The minimum atomic E-state index is 0.502. The van der Waals surface area contributed by atoms with Crippen molar-refractivity contribution in [2.75, 3.05) is 12.4 Å². The molecule has 0 amide bonds. The number of anilines is 1. The van der Waals surface area contributed by atoms with Crippen LogP contribution in [-0.4, -0.2) is 17.1 Å². The summed E-state index contributed by atoms with van der Waals surface area (Å²) < 4.78 is 5.18. The molecule has 0 aromatic carbocycles. The Morgan fingerprint density at radius 1 is 1.37 bits per heavy atom.